The maximum Gasteiger partial charge on any atom is 0.254 e. The standard InChI is InChI=1S/C10H8Cl2N4O/c11-6-2-1-3-7(12)9(6)10(17)13-4-8-14-5-15-16-8/h1-3,5H,4H2,(H,13,17)(H,14,15,16). The molecule has 0 bridgehead atoms. The number of rotatable bonds is 3. The number of amides is 1. The maximum atomic E-state index is 11.8. The molecule has 2 N–H and O–H groups in total. The first-order valence-corrected chi connectivity index (χ1v) is 5.50. The molecule has 0 atom stereocenters. The number of carbonyl (C=O) groups is 1. The second kappa shape index (κ2) is 5.16. The number of nitrogens with zero attached hydrogens (tertiary/aromatic N) is 2. The highest BCUT2D eigenvalue weighted by atomic mass is 35.5. The summed E-state index contributed by atoms with van der Waals surface area (Å²) in [4.78, 5) is 15.7. The fraction of sp³-hybridized carbons (Fsp3) is 0.100. The average Bonchev–Trinajstić information content (AvgIpc) is 2.79. The van der Waals surface area contributed by atoms with E-state index in [-0.39, 0.29) is 18.0 Å². The molecule has 0 saturated carbocycles. The molecule has 1 aromatic heterocycles. The van der Waals surface area contributed by atoms with Crippen molar-refractivity contribution in [2.45, 2.75) is 6.54 Å². The summed E-state index contributed by atoms with van der Waals surface area (Å²) in [6.45, 7) is 0.236. The number of aromatic nitrogens is 3. The van der Waals surface area contributed by atoms with Crippen LogP contribution in [0.1, 0.15) is 16.2 Å². The Kier molecular flexibility index (Phi) is 3.61. The van der Waals surface area contributed by atoms with Crippen LogP contribution in [0, 0.1) is 0 Å². The molecule has 1 heterocycles. The molecule has 0 aliphatic carbocycles. The summed E-state index contributed by atoms with van der Waals surface area (Å²) < 4.78 is 0. The minimum absolute atomic E-state index is 0.236. The summed E-state index contributed by atoms with van der Waals surface area (Å²) in [5.74, 6) is 0.207. The first-order valence-electron chi connectivity index (χ1n) is 4.75. The largest absolute Gasteiger partial charge is 0.345 e. The van der Waals surface area contributed by atoms with Crippen LogP contribution in [-0.2, 0) is 6.54 Å². The monoisotopic (exact) mass is 270 g/mol. The van der Waals surface area contributed by atoms with Gasteiger partial charge < -0.3 is 5.32 Å². The van der Waals surface area contributed by atoms with Gasteiger partial charge in [-0.2, -0.15) is 5.10 Å². The van der Waals surface area contributed by atoms with Crippen molar-refractivity contribution < 1.29 is 4.79 Å². The Labute approximate surface area is 107 Å². The highest BCUT2D eigenvalue weighted by molar-refractivity contribution is 6.39. The van der Waals surface area contributed by atoms with Gasteiger partial charge in [0.1, 0.15) is 12.2 Å². The zero-order chi connectivity index (χ0) is 12.3. The lowest BCUT2D eigenvalue weighted by atomic mass is 10.2. The lowest BCUT2D eigenvalue weighted by molar-refractivity contribution is 0.0950. The van der Waals surface area contributed by atoms with Crippen LogP contribution in [-0.4, -0.2) is 21.1 Å². The molecule has 0 saturated heterocycles. The van der Waals surface area contributed by atoms with Crippen LogP contribution in [0.5, 0.6) is 0 Å². The Morgan fingerprint density at radius 2 is 2.06 bits per heavy atom. The van der Waals surface area contributed by atoms with E-state index < -0.39 is 0 Å². The van der Waals surface area contributed by atoms with Crippen molar-refractivity contribution in [3.63, 3.8) is 0 Å². The van der Waals surface area contributed by atoms with Crippen molar-refractivity contribution in [2.75, 3.05) is 0 Å². The highest BCUT2D eigenvalue weighted by Gasteiger charge is 2.14. The lowest BCUT2D eigenvalue weighted by Gasteiger charge is -2.06. The summed E-state index contributed by atoms with van der Waals surface area (Å²) in [6.07, 6.45) is 1.37. The number of benzene rings is 1. The van der Waals surface area contributed by atoms with E-state index in [0.29, 0.717) is 15.9 Å². The van der Waals surface area contributed by atoms with E-state index in [0.717, 1.165) is 0 Å². The van der Waals surface area contributed by atoms with Crippen molar-refractivity contribution in [3.8, 4) is 0 Å². The van der Waals surface area contributed by atoms with E-state index in [2.05, 4.69) is 20.5 Å². The summed E-state index contributed by atoms with van der Waals surface area (Å²) in [5, 5.41) is 9.57. The number of carbonyl (C=O) groups excluding carboxylic acids is 1. The van der Waals surface area contributed by atoms with E-state index in [9.17, 15) is 4.79 Å². The van der Waals surface area contributed by atoms with Crippen LogP contribution in [0.3, 0.4) is 0 Å². The minimum atomic E-state index is -0.350. The van der Waals surface area contributed by atoms with Crippen LogP contribution < -0.4 is 5.32 Å². The smallest absolute Gasteiger partial charge is 0.254 e. The molecular formula is C10H8Cl2N4O. The van der Waals surface area contributed by atoms with Gasteiger partial charge in [0.15, 0.2) is 0 Å². The number of nitrogens with one attached hydrogen (secondary N) is 2. The van der Waals surface area contributed by atoms with Crippen molar-refractivity contribution in [1.82, 2.24) is 20.5 Å². The minimum Gasteiger partial charge on any atom is -0.345 e. The SMILES string of the molecule is O=C(NCc1ncn[nH]1)c1c(Cl)cccc1Cl. The molecule has 17 heavy (non-hydrogen) atoms. The quantitative estimate of drug-likeness (QED) is 0.897. The Balaban J connectivity index is 2.10. The number of hydrogen-bond acceptors (Lipinski definition) is 3. The van der Waals surface area contributed by atoms with Crippen LogP contribution in [0.4, 0.5) is 0 Å². The summed E-state index contributed by atoms with van der Waals surface area (Å²) in [5.41, 5.74) is 0.260. The normalized spacial score (nSPS) is 10.2. The fourth-order valence-corrected chi connectivity index (χ4v) is 1.85. The van der Waals surface area contributed by atoms with Crippen molar-refractivity contribution in [1.29, 1.82) is 0 Å². The highest BCUT2D eigenvalue weighted by Crippen LogP contribution is 2.23. The van der Waals surface area contributed by atoms with Gasteiger partial charge in [0.25, 0.3) is 5.91 Å². The summed E-state index contributed by atoms with van der Waals surface area (Å²) in [6, 6.07) is 4.89. The predicted molar refractivity (Wildman–Crippen MR) is 64.0 cm³/mol. The Bertz CT molecular complexity index is 507. The molecule has 0 radical (unpaired) electrons. The van der Waals surface area contributed by atoms with Gasteiger partial charge >= 0.3 is 0 Å². The van der Waals surface area contributed by atoms with Gasteiger partial charge in [-0.1, -0.05) is 29.3 Å². The molecule has 2 rings (SSSR count). The zero-order valence-electron chi connectivity index (χ0n) is 8.58. The van der Waals surface area contributed by atoms with E-state index in [1.807, 2.05) is 0 Å². The van der Waals surface area contributed by atoms with Crippen LogP contribution >= 0.6 is 23.2 Å². The van der Waals surface area contributed by atoms with E-state index in [1.165, 1.54) is 6.33 Å². The van der Waals surface area contributed by atoms with Crippen molar-refractivity contribution in [2.24, 2.45) is 0 Å². The van der Waals surface area contributed by atoms with E-state index in [4.69, 9.17) is 23.2 Å². The van der Waals surface area contributed by atoms with Crippen LogP contribution in [0.15, 0.2) is 24.5 Å². The van der Waals surface area contributed by atoms with Gasteiger partial charge in [0, 0.05) is 0 Å². The number of H-pyrrole nitrogens is 1. The summed E-state index contributed by atoms with van der Waals surface area (Å²) >= 11 is 11.8. The fourth-order valence-electron chi connectivity index (χ4n) is 1.28. The number of hydrogen-bond donors (Lipinski definition) is 2. The average molecular weight is 271 g/mol. The molecule has 5 nitrogen and oxygen atoms in total. The maximum absolute atomic E-state index is 11.8. The predicted octanol–water partition coefficient (Wildman–Crippen LogP) is 2.04. The third kappa shape index (κ3) is 2.75. The van der Waals surface area contributed by atoms with Crippen molar-refractivity contribution in [3.05, 3.63) is 46.0 Å². The van der Waals surface area contributed by atoms with Crippen LogP contribution in [0.2, 0.25) is 10.0 Å². The van der Waals surface area contributed by atoms with Crippen molar-refractivity contribution >= 4 is 29.1 Å². The summed E-state index contributed by atoms with van der Waals surface area (Å²) in [7, 11) is 0. The Hall–Kier alpha value is -1.59. The van der Waals surface area contributed by atoms with Gasteiger partial charge in [-0.25, -0.2) is 4.98 Å². The van der Waals surface area contributed by atoms with Gasteiger partial charge in [0.05, 0.1) is 22.2 Å². The van der Waals surface area contributed by atoms with Gasteiger partial charge in [-0.3, -0.25) is 9.89 Å². The molecular weight excluding hydrogens is 263 g/mol. The third-order valence-electron chi connectivity index (χ3n) is 2.07. The molecule has 1 aromatic carbocycles. The van der Waals surface area contributed by atoms with Gasteiger partial charge in [0.2, 0.25) is 0 Å². The molecule has 1 amide bonds. The number of aromatic amines is 1. The first-order chi connectivity index (χ1) is 8.18. The Morgan fingerprint density at radius 3 is 2.65 bits per heavy atom. The lowest BCUT2D eigenvalue weighted by Crippen LogP contribution is -2.24. The molecule has 0 spiro atoms. The molecule has 0 aliphatic rings. The van der Waals surface area contributed by atoms with Gasteiger partial charge in [-0.05, 0) is 12.1 Å². The second-order valence-electron chi connectivity index (χ2n) is 3.21. The zero-order valence-corrected chi connectivity index (χ0v) is 10.1. The first kappa shape index (κ1) is 11.9. The van der Waals surface area contributed by atoms with Crippen LogP contribution in [0.25, 0.3) is 0 Å². The molecule has 88 valence electrons. The Morgan fingerprint density at radius 1 is 1.35 bits per heavy atom. The van der Waals surface area contributed by atoms with Gasteiger partial charge in [-0.15, -0.1) is 0 Å². The van der Waals surface area contributed by atoms with E-state index >= 15 is 0 Å². The number of halogens is 2. The molecule has 2 aromatic rings. The molecule has 0 unspecified atom stereocenters. The molecule has 0 aliphatic heterocycles. The molecule has 7 heteroatoms. The third-order valence-corrected chi connectivity index (χ3v) is 2.70. The second-order valence-corrected chi connectivity index (χ2v) is 4.03. The molecule has 0 fully saturated rings. The van der Waals surface area contributed by atoms with E-state index in [1.54, 1.807) is 18.2 Å². The topological polar surface area (TPSA) is 70.7 Å².